The molecule has 1 radical (unpaired) electrons. The minimum absolute atomic E-state index is 0.477. The zero-order chi connectivity index (χ0) is 9.54. The summed E-state index contributed by atoms with van der Waals surface area (Å²) in [6.07, 6.45) is 1.98. The summed E-state index contributed by atoms with van der Waals surface area (Å²) in [6, 6.07) is 9.56. The molecule has 0 bridgehead atoms. The Morgan fingerprint density at radius 3 is 3.00 bits per heavy atom. The van der Waals surface area contributed by atoms with Gasteiger partial charge in [-0.3, -0.25) is 0 Å². The third-order valence-corrected chi connectivity index (χ3v) is 2.84. The number of fused-ring (bicyclic) bond motifs is 1. The number of aromatic nitrogens is 1. The maximum absolute atomic E-state index is 5.90. The Labute approximate surface area is 87.0 Å². The fourth-order valence-corrected chi connectivity index (χ4v) is 1.92. The van der Waals surface area contributed by atoms with Crippen LogP contribution in [0.4, 0.5) is 0 Å². The molecule has 1 saturated heterocycles. The molecule has 3 heteroatoms. The first-order valence-electron chi connectivity index (χ1n) is 4.60. The van der Waals surface area contributed by atoms with Crippen LogP contribution < -0.4 is 0 Å². The standard InChI is InChI=1S/C11H9ClNO/c12-9-1-2-11-8(5-9)3-4-13(11)10-6-14-7-10/h1-2,4-5,10H,6-7H2. The van der Waals surface area contributed by atoms with Crippen LogP contribution in [-0.2, 0) is 4.74 Å². The third-order valence-electron chi connectivity index (χ3n) is 2.61. The normalized spacial score (nSPS) is 17.2. The molecule has 2 aromatic rings. The maximum Gasteiger partial charge on any atom is 0.0804 e. The molecule has 0 N–H and O–H groups in total. The molecule has 0 saturated carbocycles. The van der Waals surface area contributed by atoms with Gasteiger partial charge < -0.3 is 9.30 Å². The Balaban J connectivity index is 2.16. The number of benzene rings is 1. The van der Waals surface area contributed by atoms with Crippen molar-refractivity contribution in [2.45, 2.75) is 6.04 Å². The molecular weight excluding hydrogens is 198 g/mol. The van der Waals surface area contributed by atoms with E-state index < -0.39 is 0 Å². The predicted molar refractivity (Wildman–Crippen MR) is 55.6 cm³/mol. The second kappa shape index (κ2) is 3.01. The summed E-state index contributed by atoms with van der Waals surface area (Å²) >= 11 is 5.90. The van der Waals surface area contributed by atoms with Gasteiger partial charge in [0.15, 0.2) is 0 Å². The van der Waals surface area contributed by atoms with Crippen LogP contribution in [0.5, 0.6) is 0 Å². The first-order chi connectivity index (χ1) is 6.84. The molecule has 14 heavy (non-hydrogen) atoms. The van der Waals surface area contributed by atoms with Crippen LogP contribution in [0.25, 0.3) is 10.9 Å². The second-order valence-corrected chi connectivity index (χ2v) is 3.97. The average Bonchev–Trinajstić information content (AvgIpc) is 2.45. The molecule has 0 unspecified atom stereocenters. The molecule has 1 aromatic heterocycles. The van der Waals surface area contributed by atoms with Gasteiger partial charge in [0, 0.05) is 28.2 Å². The Bertz CT molecular complexity index is 473. The lowest BCUT2D eigenvalue weighted by Crippen LogP contribution is -2.29. The van der Waals surface area contributed by atoms with E-state index in [1.165, 1.54) is 5.52 Å². The SMILES string of the molecule is Clc1ccc2c([c]cn2C2COC2)c1. The molecule has 0 atom stereocenters. The van der Waals surface area contributed by atoms with Crippen molar-refractivity contribution in [3.63, 3.8) is 0 Å². The average molecular weight is 207 g/mol. The molecule has 71 valence electrons. The van der Waals surface area contributed by atoms with Gasteiger partial charge in [0.1, 0.15) is 0 Å². The van der Waals surface area contributed by atoms with Crippen LogP contribution in [0.2, 0.25) is 5.02 Å². The molecule has 0 amide bonds. The largest absolute Gasteiger partial charge is 0.377 e. The summed E-state index contributed by atoms with van der Waals surface area (Å²) in [4.78, 5) is 0. The summed E-state index contributed by atoms with van der Waals surface area (Å²) in [5, 5.41) is 1.83. The van der Waals surface area contributed by atoms with Crippen molar-refractivity contribution in [3.05, 3.63) is 35.5 Å². The predicted octanol–water partition coefficient (Wildman–Crippen LogP) is 2.67. The quantitative estimate of drug-likeness (QED) is 0.700. The lowest BCUT2D eigenvalue weighted by molar-refractivity contribution is -0.0214. The molecular formula is C11H9ClNO. The molecule has 1 aliphatic rings. The van der Waals surface area contributed by atoms with Crippen molar-refractivity contribution >= 4 is 22.5 Å². The molecule has 3 rings (SSSR count). The van der Waals surface area contributed by atoms with Crippen LogP contribution >= 0.6 is 11.6 Å². The molecule has 1 aromatic carbocycles. The first-order valence-corrected chi connectivity index (χ1v) is 4.98. The highest BCUT2D eigenvalue weighted by atomic mass is 35.5. The highest BCUT2D eigenvalue weighted by Gasteiger charge is 2.21. The molecule has 1 fully saturated rings. The van der Waals surface area contributed by atoms with Crippen LogP contribution in [0, 0.1) is 6.07 Å². The fourth-order valence-electron chi connectivity index (χ4n) is 1.74. The minimum Gasteiger partial charge on any atom is -0.377 e. The third kappa shape index (κ3) is 1.15. The van der Waals surface area contributed by atoms with E-state index in [4.69, 9.17) is 16.3 Å². The van der Waals surface area contributed by atoms with Crippen molar-refractivity contribution in [1.82, 2.24) is 4.57 Å². The Kier molecular flexibility index (Phi) is 1.79. The molecule has 1 aliphatic heterocycles. The van der Waals surface area contributed by atoms with Gasteiger partial charge in [-0.25, -0.2) is 0 Å². The van der Waals surface area contributed by atoms with E-state index in [0.29, 0.717) is 6.04 Å². The monoisotopic (exact) mass is 206 g/mol. The summed E-state index contributed by atoms with van der Waals surface area (Å²) in [7, 11) is 0. The summed E-state index contributed by atoms with van der Waals surface area (Å²) in [5.41, 5.74) is 1.18. The van der Waals surface area contributed by atoms with Crippen LogP contribution in [0.1, 0.15) is 6.04 Å². The van der Waals surface area contributed by atoms with Gasteiger partial charge in [0.25, 0.3) is 0 Å². The van der Waals surface area contributed by atoms with Crippen molar-refractivity contribution < 1.29 is 4.74 Å². The van der Waals surface area contributed by atoms with Gasteiger partial charge >= 0.3 is 0 Å². The van der Waals surface area contributed by atoms with Crippen LogP contribution in [0.15, 0.2) is 24.4 Å². The van der Waals surface area contributed by atoms with Crippen molar-refractivity contribution in [2.24, 2.45) is 0 Å². The number of halogens is 1. The zero-order valence-electron chi connectivity index (χ0n) is 7.53. The van der Waals surface area contributed by atoms with E-state index in [1.54, 1.807) is 0 Å². The van der Waals surface area contributed by atoms with Crippen LogP contribution in [-0.4, -0.2) is 17.8 Å². The van der Waals surface area contributed by atoms with Gasteiger partial charge in [-0.05, 0) is 18.2 Å². The lowest BCUT2D eigenvalue weighted by Gasteiger charge is -2.28. The number of ether oxygens (including phenoxy) is 1. The fraction of sp³-hybridized carbons (Fsp3) is 0.273. The first kappa shape index (κ1) is 8.33. The van der Waals surface area contributed by atoms with E-state index in [0.717, 1.165) is 23.6 Å². The number of hydrogen-bond acceptors (Lipinski definition) is 1. The maximum atomic E-state index is 5.90. The van der Waals surface area contributed by atoms with Crippen molar-refractivity contribution in [2.75, 3.05) is 13.2 Å². The summed E-state index contributed by atoms with van der Waals surface area (Å²) < 4.78 is 7.37. The van der Waals surface area contributed by atoms with Gasteiger partial charge in [-0.1, -0.05) is 11.6 Å². The van der Waals surface area contributed by atoms with E-state index in [2.05, 4.69) is 10.6 Å². The molecule has 2 nitrogen and oxygen atoms in total. The number of hydrogen-bond donors (Lipinski definition) is 0. The van der Waals surface area contributed by atoms with Gasteiger partial charge in [-0.2, -0.15) is 0 Å². The van der Waals surface area contributed by atoms with Gasteiger partial charge in [0.2, 0.25) is 0 Å². The Hall–Kier alpha value is -0.990. The Morgan fingerprint density at radius 2 is 2.29 bits per heavy atom. The smallest absolute Gasteiger partial charge is 0.0804 e. The lowest BCUT2D eigenvalue weighted by atomic mass is 10.2. The highest BCUT2D eigenvalue weighted by Crippen LogP contribution is 2.26. The molecule has 0 aliphatic carbocycles. The van der Waals surface area contributed by atoms with E-state index >= 15 is 0 Å². The molecule has 2 heterocycles. The van der Waals surface area contributed by atoms with Crippen LogP contribution in [0.3, 0.4) is 0 Å². The van der Waals surface area contributed by atoms with Crippen molar-refractivity contribution in [1.29, 1.82) is 0 Å². The van der Waals surface area contributed by atoms with E-state index in [9.17, 15) is 0 Å². The number of rotatable bonds is 1. The van der Waals surface area contributed by atoms with Gasteiger partial charge in [-0.15, -0.1) is 0 Å². The number of nitrogens with zero attached hydrogens (tertiary/aromatic N) is 1. The minimum atomic E-state index is 0.477. The van der Waals surface area contributed by atoms with Gasteiger partial charge in [0.05, 0.1) is 19.3 Å². The summed E-state index contributed by atoms with van der Waals surface area (Å²) in [6.45, 7) is 1.61. The topological polar surface area (TPSA) is 14.2 Å². The second-order valence-electron chi connectivity index (χ2n) is 3.53. The Morgan fingerprint density at radius 1 is 1.43 bits per heavy atom. The zero-order valence-corrected chi connectivity index (χ0v) is 8.29. The summed E-state index contributed by atoms with van der Waals surface area (Å²) in [5.74, 6) is 0. The highest BCUT2D eigenvalue weighted by molar-refractivity contribution is 6.31. The van der Waals surface area contributed by atoms with E-state index in [1.807, 2.05) is 24.4 Å². The van der Waals surface area contributed by atoms with E-state index in [-0.39, 0.29) is 0 Å². The molecule has 0 spiro atoms. The van der Waals surface area contributed by atoms with Crippen molar-refractivity contribution in [3.8, 4) is 0 Å².